The van der Waals surface area contributed by atoms with Crippen LogP contribution in [0.25, 0.3) is 6.08 Å². The molecule has 1 aromatic heterocycles. The number of sulfone groups is 1. The maximum absolute atomic E-state index is 12.3. The van der Waals surface area contributed by atoms with Crippen LogP contribution in [0.2, 0.25) is 5.15 Å². The quantitative estimate of drug-likeness (QED) is 0.291. The first-order valence-corrected chi connectivity index (χ1v) is 13.1. The average Bonchev–Trinajstić information content (AvgIpc) is 3.37. The predicted octanol–water partition coefficient (Wildman–Crippen LogP) is 1.97. The number of nitrogens with zero attached hydrogens (tertiary/aromatic N) is 2. The van der Waals surface area contributed by atoms with E-state index in [1.807, 2.05) is 0 Å². The molecule has 0 aliphatic carbocycles. The van der Waals surface area contributed by atoms with Gasteiger partial charge in [0.05, 0.1) is 48.6 Å². The number of aryl methyl sites for hydroxylation is 1. The summed E-state index contributed by atoms with van der Waals surface area (Å²) in [5.74, 6) is -3.04. The van der Waals surface area contributed by atoms with Crippen molar-refractivity contribution in [3.05, 3.63) is 51.8 Å². The van der Waals surface area contributed by atoms with E-state index in [-0.39, 0.29) is 39.5 Å². The van der Waals surface area contributed by atoms with E-state index < -0.39 is 40.3 Å². The van der Waals surface area contributed by atoms with Gasteiger partial charge in [-0.3, -0.25) is 4.79 Å². The normalized spacial score (nSPS) is 16.4. The number of ether oxygens (including phenoxy) is 3. The van der Waals surface area contributed by atoms with Crippen LogP contribution in [0.3, 0.4) is 0 Å². The minimum absolute atomic E-state index is 0.00336. The van der Waals surface area contributed by atoms with Gasteiger partial charge >= 0.3 is 17.9 Å². The minimum atomic E-state index is -3.14. The highest BCUT2D eigenvalue weighted by Gasteiger charge is 2.31. The van der Waals surface area contributed by atoms with Gasteiger partial charge in [0.1, 0.15) is 5.15 Å². The van der Waals surface area contributed by atoms with E-state index in [4.69, 9.17) is 16.3 Å². The van der Waals surface area contributed by atoms with E-state index in [1.54, 1.807) is 6.92 Å². The molecule has 0 saturated carbocycles. The summed E-state index contributed by atoms with van der Waals surface area (Å²) in [6, 6.07) is 3.44. The third-order valence-corrected chi connectivity index (χ3v) is 7.54. The average molecular weight is 554 g/mol. The van der Waals surface area contributed by atoms with Crippen LogP contribution >= 0.6 is 11.6 Å². The second kappa shape index (κ2) is 11.6. The Kier molecular flexibility index (Phi) is 8.71. The van der Waals surface area contributed by atoms with Gasteiger partial charge < -0.3 is 19.5 Å². The first-order chi connectivity index (χ1) is 17.4. The molecule has 3 rings (SSSR count). The van der Waals surface area contributed by atoms with Gasteiger partial charge in [0.2, 0.25) is 0 Å². The fourth-order valence-corrected chi connectivity index (χ4v) is 5.70. The molecule has 1 atom stereocenters. The van der Waals surface area contributed by atoms with Crippen molar-refractivity contribution in [2.75, 3.05) is 37.6 Å². The number of anilines is 1. The molecular formula is C23H24ClN3O9S. The molecule has 0 unspecified atom stereocenters. The van der Waals surface area contributed by atoms with Gasteiger partial charge in [-0.2, -0.15) is 5.10 Å². The summed E-state index contributed by atoms with van der Waals surface area (Å²) in [7, 11) is -0.812. The summed E-state index contributed by atoms with van der Waals surface area (Å²) < 4.78 is 39.2. The Morgan fingerprint density at radius 1 is 1.14 bits per heavy atom. The molecule has 0 bridgehead atoms. The zero-order valence-corrected chi connectivity index (χ0v) is 21.7. The number of nitrogens with one attached hydrogen (secondary N) is 1. The molecule has 12 nitrogen and oxygen atoms in total. The topological polar surface area (TPSA) is 160 Å². The van der Waals surface area contributed by atoms with Crippen molar-refractivity contribution in [1.29, 1.82) is 0 Å². The van der Waals surface area contributed by atoms with Gasteiger partial charge in [-0.1, -0.05) is 11.6 Å². The standard InChI is InChI=1S/C23H24ClN3O9S/c1-13-18(21(24)27(26-13)17-6-7-37(32,33)12-17)4-5-20(29)36-11-19(28)25-16-9-14(22(30)34-2)8-15(10-16)23(31)35-3/h4-5,8-10,17H,6-7,11-12H2,1-3H3,(H,25,28)/b5-4+/t17-/m0/s1. The molecule has 1 saturated heterocycles. The summed E-state index contributed by atoms with van der Waals surface area (Å²) in [6.07, 6.45) is 2.83. The number of hydrogen-bond acceptors (Lipinski definition) is 10. The van der Waals surface area contributed by atoms with Crippen LogP contribution < -0.4 is 5.32 Å². The maximum Gasteiger partial charge on any atom is 0.337 e. The maximum atomic E-state index is 12.3. The van der Waals surface area contributed by atoms with Crippen molar-refractivity contribution >= 4 is 57.0 Å². The number of esters is 3. The molecule has 1 N–H and O–H groups in total. The van der Waals surface area contributed by atoms with Crippen molar-refractivity contribution < 1.29 is 41.8 Å². The fourth-order valence-electron chi connectivity index (χ4n) is 3.64. The lowest BCUT2D eigenvalue weighted by molar-refractivity contribution is -0.142. The highest BCUT2D eigenvalue weighted by molar-refractivity contribution is 7.91. The van der Waals surface area contributed by atoms with E-state index in [0.29, 0.717) is 17.7 Å². The lowest BCUT2D eigenvalue weighted by Crippen LogP contribution is -2.20. The number of methoxy groups -OCH3 is 2. The first-order valence-electron chi connectivity index (χ1n) is 10.9. The molecule has 14 heteroatoms. The van der Waals surface area contributed by atoms with Crippen LogP contribution in [0.4, 0.5) is 5.69 Å². The summed E-state index contributed by atoms with van der Waals surface area (Å²) in [5.41, 5.74) is 1.00. The Hall–Kier alpha value is -3.71. The zero-order chi connectivity index (χ0) is 27.3. The summed E-state index contributed by atoms with van der Waals surface area (Å²) >= 11 is 6.37. The van der Waals surface area contributed by atoms with Crippen LogP contribution in [0.5, 0.6) is 0 Å². The van der Waals surface area contributed by atoms with Gasteiger partial charge in [-0.05, 0) is 37.6 Å². The first kappa shape index (κ1) is 27.9. The Bertz CT molecular complexity index is 1350. The summed E-state index contributed by atoms with van der Waals surface area (Å²) in [6.45, 7) is 1.00. The Morgan fingerprint density at radius 2 is 1.76 bits per heavy atom. The monoisotopic (exact) mass is 553 g/mol. The number of hydrogen-bond donors (Lipinski definition) is 1. The van der Waals surface area contributed by atoms with Crippen LogP contribution in [0.1, 0.15) is 44.4 Å². The smallest absolute Gasteiger partial charge is 0.337 e. The predicted molar refractivity (Wildman–Crippen MR) is 132 cm³/mol. The van der Waals surface area contributed by atoms with E-state index >= 15 is 0 Å². The fraction of sp³-hybridized carbons (Fsp3) is 0.348. The van der Waals surface area contributed by atoms with Crippen molar-refractivity contribution in [1.82, 2.24) is 9.78 Å². The third-order valence-electron chi connectivity index (χ3n) is 5.42. The molecule has 1 aromatic carbocycles. The molecular weight excluding hydrogens is 530 g/mol. The highest BCUT2D eigenvalue weighted by Crippen LogP contribution is 2.30. The van der Waals surface area contributed by atoms with Gasteiger partial charge in [0.15, 0.2) is 16.4 Å². The molecule has 198 valence electrons. The molecule has 2 heterocycles. The van der Waals surface area contributed by atoms with Gasteiger partial charge in [0.25, 0.3) is 5.91 Å². The molecule has 2 aromatic rings. The molecule has 1 aliphatic rings. The number of amides is 1. The number of rotatable bonds is 8. The van der Waals surface area contributed by atoms with Gasteiger partial charge in [-0.25, -0.2) is 27.5 Å². The largest absolute Gasteiger partial charge is 0.465 e. The SMILES string of the molecule is COC(=O)c1cc(NC(=O)COC(=O)/C=C/c2c(C)nn([C@H]3CCS(=O)(=O)C3)c2Cl)cc(C(=O)OC)c1. The van der Waals surface area contributed by atoms with Crippen molar-refractivity contribution in [3.63, 3.8) is 0 Å². The highest BCUT2D eigenvalue weighted by atomic mass is 35.5. The van der Waals surface area contributed by atoms with E-state index in [0.717, 1.165) is 20.3 Å². The van der Waals surface area contributed by atoms with Crippen molar-refractivity contribution in [2.45, 2.75) is 19.4 Å². The zero-order valence-electron chi connectivity index (χ0n) is 20.1. The van der Waals surface area contributed by atoms with E-state index in [1.165, 1.54) is 29.0 Å². The Balaban J connectivity index is 1.62. The number of benzene rings is 1. The molecule has 1 fully saturated rings. The van der Waals surface area contributed by atoms with E-state index in [2.05, 4.69) is 19.9 Å². The number of aromatic nitrogens is 2. The number of carbonyl (C=O) groups is 4. The molecule has 1 amide bonds. The molecule has 0 radical (unpaired) electrons. The summed E-state index contributed by atoms with van der Waals surface area (Å²) in [5, 5.41) is 6.91. The van der Waals surface area contributed by atoms with Crippen LogP contribution in [-0.2, 0) is 33.6 Å². The van der Waals surface area contributed by atoms with Gasteiger partial charge in [0, 0.05) is 17.3 Å². The van der Waals surface area contributed by atoms with Gasteiger partial charge in [-0.15, -0.1) is 0 Å². The molecule has 0 spiro atoms. The second-order valence-electron chi connectivity index (χ2n) is 8.06. The van der Waals surface area contributed by atoms with Crippen LogP contribution in [-0.4, -0.2) is 74.3 Å². The summed E-state index contributed by atoms with van der Waals surface area (Å²) in [4.78, 5) is 48.2. The Labute approximate surface area is 217 Å². The van der Waals surface area contributed by atoms with Crippen LogP contribution in [0, 0.1) is 6.92 Å². The molecule has 37 heavy (non-hydrogen) atoms. The van der Waals surface area contributed by atoms with Crippen molar-refractivity contribution in [3.8, 4) is 0 Å². The lowest BCUT2D eigenvalue weighted by Gasteiger charge is -2.10. The number of halogens is 1. The van der Waals surface area contributed by atoms with Crippen molar-refractivity contribution in [2.24, 2.45) is 0 Å². The lowest BCUT2D eigenvalue weighted by atomic mass is 10.1. The molecule has 1 aliphatic heterocycles. The second-order valence-corrected chi connectivity index (χ2v) is 10.6. The third kappa shape index (κ3) is 6.95. The Morgan fingerprint density at radius 3 is 2.30 bits per heavy atom. The minimum Gasteiger partial charge on any atom is -0.465 e. The van der Waals surface area contributed by atoms with E-state index in [9.17, 15) is 27.6 Å². The van der Waals surface area contributed by atoms with Crippen LogP contribution in [0.15, 0.2) is 24.3 Å². The number of carbonyl (C=O) groups excluding carboxylic acids is 4.